The number of hydrogen-bond donors (Lipinski definition) is 0. The van der Waals surface area contributed by atoms with Crippen LogP contribution in [0, 0.1) is 0 Å². The summed E-state index contributed by atoms with van der Waals surface area (Å²) in [4.78, 5) is 15.7. The summed E-state index contributed by atoms with van der Waals surface area (Å²) < 4.78 is 7.36. The molecule has 11 aromatic carbocycles. The largest absolute Gasteiger partial charge is 0.309 e. The minimum Gasteiger partial charge on any atom is -0.309 e. The molecule has 6 nitrogen and oxygen atoms in total. The SMILES string of the molecule is c1ccc(-c2nc(-c3ccccc3)nc(-c3cc(-c4ccccc4)c(-n4c5ccc(-n6c7ccccc7c7ccccc76)cc5c5ccc(-n6c7ccccc7c7ccccc76)cc54)c(-c4ccccc4)c3)n2)cc1. The smallest absolute Gasteiger partial charge is 0.164 e. The van der Waals surface area contributed by atoms with E-state index in [0.29, 0.717) is 17.5 Å². The van der Waals surface area contributed by atoms with Crippen molar-refractivity contribution in [3.05, 3.63) is 267 Å². The summed E-state index contributed by atoms with van der Waals surface area (Å²) in [6.07, 6.45) is 0. The van der Waals surface area contributed by atoms with E-state index in [-0.39, 0.29) is 0 Å². The molecule has 0 saturated carbocycles. The van der Waals surface area contributed by atoms with E-state index in [1.165, 1.54) is 32.6 Å². The second kappa shape index (κ2) is 17.3. The van der Waals surface area contributed by atoms with E-state index in [1.54, 1.807) is 0 Å². The molecule has 0 aliphatic rings. The average Bonchev–Trinajstić information content (AvgIpc) is 4.13. The van der Waals surface area contributed by atoms with Crippen LogP contribution in [0.1, 0.15) is 0 Å². The summed E-state index contributed by atoms with van der Waals surface area (Å²) in [7, 11) is 0. The van der Waals surface area contributed by atoms with Crippen LogP contribution in [0.5, 0.6) is 0 Å². The number of benzene rings is 11. The van der Waals surface area contributed by atoms with Gasteiger partial charge in [0.15, 0.2) is 17.5 Å². The zero-order valence-electron chi connectivity index (χ0n) is 40.6. The summed E-state index contributed by atoms with van der Waals surface area (Å²) in [5, 5.41) is 7.21. The molecule has 0 unspecified atom stereocenters. The molecule has 6 heteroatoms. The van der Waals surface area contributed by atoms with Crippen molar-refractivity contribution >= 4 is 65.4 Å². The first kappa shape index (κ1) is 42.5. The molecule has 0 radical (unpaired) electrons. The molecular weight excluding hydrogens is 913 g/mol. The summed E-state index contributed by atoms with van der Waals surface area (Å²) in [6.45, 7) is 0. The quantitative estimate of drug-likeness (QED) is 0.152. The van der Waals surface area contributed by atoms with Gasteiger partial charge in [-0.25, -0.2) is 15.0 Å². The number of para-hydroxylation sites is 4. The van der Waals surface area contributed by atoms with Gasteiger partial charge in [-0.15, -0.1) is 0 Å². The highest BCUT2D eigenvalue weighted by Crippen LogP contribution is 2.46. The molecule has 15 aromatic rings. The van der Waals surface area contributed by atoms with Crippen molar-refractivity contribution in [1.82, 2.24) is 28.7 Å². The average molecular weight is 957 g/mol. The molecule has 0 atom stereocenters. The fourth-order valence-corrected chi connectivity index (χ4v) is 11.5. The summed E-state index contributed by atoms with van der Waals surface area (Å²) in [5.41, 5.74) is 17.1. The Kier molecular flexibility index (Phi) is 9.78. The Balaban J connectivity index is 1.07. The van der Waals surface area contributed by atoms with E-state index in [4.69, 9.17) is 15.0 Å². The van der Waals surface area contributed by atoms with Crippen LogP contribution in [0.4, 0.5) is 0 Å². The van der Waals surface area contributed by atoms with Crippen molar-refractivity contribution in [3.63, 3.8) is 0 Å². The molecule has 0 fully saturated rings. The van der Waals surface area contributed by atoms with Gasteiger partial charge in [-0.2, -0.15) is 0 Å². The van der Waals surface area contributed by atoms with Crippen LogP contribution in [0.2, 0.25) is 0 Å². The first-order valence-corrected chi connectivity index (χ1v) is 25.4. The molecule has 350 valence electrons. The standard InChI is InChI=1S/C69H44N6/c1-5-21-45(22-6-1)57-41-49(69-71-67(47-25-9-3-10-26-47)70-68(72-69)48-27-11-4-12-28-48)42-58(46-23-7-2-8-24-46)66(57)75-64-40-38-50(73-60-33-17-13-29-52(60)53-30-14-18-34-61(53)73)43-59(64)56-39-37-51(44-65(56)75)74-62-35-19-15-31-54(62)55-32-16-20-36-63(55)74/h1-44H. The van der Waals surface area contributed by atoms with Crippen molar-refractivity contribution in [2.45, 2.75) is 0 Å². The van der Waals surface area contributed by atoms with Crippen LogP contribution in [0.25, 0.3) is 139 Å². The molecule has 0 saturated heterocycles. The Hall–Kier alpha value is -10.2. The van der Waals surface area contributed by atoms with Crippen molar-refractivity contribution in [1.29, 1.82) is 0 Å². The number of aromatic nitrogens is 6. The number of hydrogen-bond acceptors (Lipinski definition) is 3. The lowest BCUT2D eigenvalue weighted by molar-refractivity contribution is 1.07. The highest BCUT2D eigenvalue weighted by Gasteiger charge is 2.25. The second-order valence-corrected chi connectivity index (χ2v) is 19.2. The van der Waals surface area contributed by atoms with Gasteiger partial charge in [-0.05, 0) is 77.9 Å². The molecule has 0 bridgehead atoms. The number of nitrogens with zero attached hydrogens (tertiary/aromatic N) is 6. The number of fused-ring (bicyclic) bond motifs is 9. The van der Waals surface area contributed by atoms with Crippen molar-refractivity contribution < 1.29 is 0 Å². The normalized spacial score (nSPS) is 11.7. The molecule has 0 aliphatic carbocycles. The highest BCUT2D eigenvalue weighted by molar-refractivity contribution is 6.15. The lowest BCUT2D eigenvalue weighted by Crippen LogP contribution is -2.04. The summed E-state index contributed by atoms with van der Waals surface area (Å²) >= 11 is 0. The topological polar surface area (TPSA) is 53.5 Å². The summed E-state index contributed by atoms with van der Waals surface area (Å²) in [6, 6.07) is 95.5. The predicted octanol–water partition coefficient (Wildman–Crippen LogP) is 17.5. The molecule has 4 heterocycles. The maximum atomic E-state index is 5.29. The third kappa shape index (κ3) is 6.92. The molecule has 0 aliphatic heterocycles. The Bertz CT molecular complexity index is 4460. The second-order valence-electron chi connectivity index (χ2n) is 19.2. The fraction of sp³-hybridized carbons (Fsp3) is 0. The Morgan fingerprint density at radius 2 is 0.547 bits per heavy atom. The molecule has 75 heavy (non-hydrogen) atoms. The first-order valence-electron chi connectivity index (χ1n) is 25.4. The van der Waals surface area contributed by atoms with E-state index in [0.717, 1.165) is 88.8 Å². The zero-order valence-corrected chi connectivity index (χ0v) is 40.6. The molecule has 4 aromatic heterocycles. The number of rotatable bonds is 8. The van der Waals surface area contributed by atoms with Crippen LogP contribution in [-0.4, -0.2) is 28.7 Å². The van der Waals surface area contributed by atoms with Crippen LogP contribution in [-0.2, 0) is 0 Å². The van der Waals surface area contributed by atoms with E-state index in [1.807, 2.05) is 36.4 Å². The molecule has 0 N–H and O–H groups in total. The lowest BCUT2D eigenvalue weighted by Gasteiger charge is -2.21. The Morgan fingerprint density at radius 3 is 0.987 bits per heavy atom. The van der Waals surface area contributed by atoms with E-state index in [2.05, 4.69) is 244 Å². The van der Waals surface area contributed by atoms with Crippen LogP contribution < -0.4 is 0 Å². The summed E-state index contributed by atoms with van der Waals surface area (Å²) in [5.74, 6) is 1.82. The van der Waals surface area contributed by atoms with E-state index < -0.39 is 0 Å². The first-order chi connectivity index (χ1) is 37.2. The van der Waals surface area contributed by atoms with Gasteiger partial charge in [0.1, 0.15) is 0 Å². The molecule has 0 amide bonds. The molecular formula is C69H44N6. The zero-order chi connectivity index (χ0) is 49.4. The van der Waals surface area contributed by atoms with Gasteiger partial charge in [0.25, 0.3) is 0 Å². The molecule has 0 spiro atoms. The lowest BCUT2D eigenvalue weighted by atomic mass is 9.92. The minimum absolute atomic E-state index is 0.593. The monoisotopic (exact) mass is 956 g/mol. The van der Waals surface area contributed by atoms with Crippen LogP contribution in [0.3, 0.4) is 0 Å². The predicted molar refractivity (Wildman–Crippen MR) is 310 cm³/mol. The van der Waals surface area contributed by atoms with Crippen molar-refractivity contribution in [2.75, 3.05) is 0 Å². The molecule has 15 rings (SSSR count). The Labute approximate surface area is 432 Å². The maximum Gasteiger partial charge on any atom is 0.164 e. The Morgan fingerprint density at radius 1 is 0.213 bits per heavy atom. The van der Waals surface area contributed by atoms with E-state index in [9.17, 15) is 0 Å². The highest BCUT2D eigenvalue weighted by atomic mass is 15.0. The van der Waals surface area contributed by atoms with Gasteiger partial charge in [0, 0.05) is 71.5 Å². The van der Waals surface area contributed by atoms with Gasteiger partial charge in [-0.1, -0.05) is 200 Å². The fourth-order valence-electron chi connectivity index (χ4n) is 11.5. The van der Waals surface area contributed by atoms with Crippen LogP contribution in [0.15, 0.2) is 267 Å². The third-order valence-electron chi connectivity index (χ3n) is 14.9. The van der Waals surface area contributed by atoms with E-state index >= 15 is 0 Å². The van der Waals surface area contributed by atoms with Gasteiger partial charge in [0.05, 0.1) is 38.8 Å². The van der Waals surface area contributed by atoms with Gasteiger partial charge < -0.3 is 13.7 Å². The minimum atomic E-state index is 0.593. The van der Waals surface area contributed by atoms with Gasteiger partial charge >= 0.3 is 0 Å². The van der Waals surface area contributed by atoms with Gasteiger partial charge in [-0.3, -0.25) is 0 Å². The van der Waals surface area contributed by atoms with Crippen LogP contribution >= 0.6 is 0 Å². The van der Waals surface area contributed by atoms with Crippen molar-refractivity contribution in [2.24, 2.45) is 0 Å². The van der Waals surface area contributed by atoms with Crippen molar-refractivity contribution in [3.8, 4) is 73.5 Å². The van der Waals surface area contributed by atoms with Gasteiger partial charge in [0.2, 0.25) is 0 Å². The third-order valence-corrected chi connectivity index (χ3v) is 14.9. The maximum absolute atomic E-state index is 5.29.